The fourth-order valence-electron chi connectivity index (χ4n) is 3.04. The maximum Gasteiger partial charge on any atom is 0.0459 e. The highest BCUT2D eigenvalue weighted by molar-refractivity contribution is 6.33. The summed E-state index contributed by atoms with van der Waals surface area (Å²) in [6.45, 7) is 3.22. The van der Waals surface area contributed by atoms with E-state index in [9.17, 15) is 0 Å². The van der Waals surface area contributed by atoms with Crippen LogP contribution in [-0.4, -0.2) is 12.6 Å². The Kier molecular flexibility index (Phi) is 2.26. The molecule has 0 radical (unpaired) electrons. The number of allylic oxidation sites excluding steroid dienone is 4. The van der Waals surface area contributed by atoms with Crippen molar-refractivity contribution < 1.29 is 0 Å². The molecule has 0 spiro atoms. The minimum absolute atomic E-state index is 0.615. The predicted octanol–water partition coefficient (Wildman–Crippen LogP) is 3.14. The Morgan fingerprint density at radius 2 is 2.33 bits per heavy atom. The van der Waals surface area contributed by atoms with Crippen molar-refractivity contribution >= 4 is 11.6 Å². The van der Waals surface area contributed by atoms with Crippen molar-refractivity contribution in [3.63, 3.8) is 0 Å². The Labute approximate surface area is 95.9 Å². The molecule has 3 aliphatic rings. The number of hydrogen-bond donors (Lipinski definition) is 1. The van der Waals surface area contributed by atoms with Crippen molar-refractivity contribution in [1.82, 2.24) is 5.32 Å². The molecule has 0 bridgehead atoms. The molecule has 0 saturated carbocycles. The molecule has 1 N–H and O–H groups in total. The average molecular weight is 222 g/mol. The summed E-state index contributed by atoms with van der Waals surface area (Å²) in [6, 6.07) is 0.615. The molecule has 0 fully saturated rings. The van der Waals surface area contributed by atoms with Crippen LogP contribution in [0.25, 0.3) is 0 Å². The van der Waals surface area contributed by atoms with Crippen molar-refractivity contribution in [3.8, 4) is 0 Å². The largest absolute Gasteiger partial charge is 0.310 e. The van der Waals surface area contributed by atoms with E-state index in [1.54, 1.807) is 5.57 Å². The lowest BCUT2D eigenvalue weighted by atomic mass is 9.81. The zero-order chi connectivity index (χ0) is 10.4. The summed E-state index contributed by atoms with van der Waals surface area (Å²) in [5, 5.41) is 4.51. The number of nitrogens with one attached hydrogen (secondary N) is 1. The van der Waals surface area contributed by atoms with Gasteiger partial charge in [0.05, 0.1) is 0 Å². The molecular formula is C13H16ClN. The van der Waals surface area contributed by atoms with Gasteiger partial charge in [0.2, 0.25) is 0 Å². The quantitative estimate of drug-likeness (QED) is 0.663. The topological polar surface area (TPSA) is 12.0 Å². The summed E-state index contributed by atoms with van der Waals surface area (Å²) in [5.74, 6) is 0.734. The van der Waals surface area contributed by atoms with E-state index in [2.05, 4.69) is 24.4 Å². The van der Waals surface area contributed by atoms with Crippen LogP contribution < -0.4 is 5.32 Å². The Bertz CT molecular complexity index is 389. The van der Waals surface area contributed by atoms with Gasteiger partial charge in [-0.15, -0.1) is 0 Å². The van der Waals surface area contributed by atoms with E-state index in [1.165, 1.54) is 30.4 Å². The van der Waals surface area contributed by atoms with Crippen molar-refractivity contribution in [2.45, 2.75) is 32.2 Å². The summed E-state index contributed by atoms with van der Waals surface area (Å²) in [6.07, 6.45) is 8.26. The fourth-order valence-corrected chi connectivity index (χ4v) is 3.33. The standard InChI is InChI=1S/C13H16ClN/c1-8-5-9-3-2-4-10-6-12(14)11(7-15-8)13(9)10/h4,6,8-9,15H,2-3,5,7H2,1H3/t8-,9+/m0/s1. The highest BCUT2D eigenvalue weighted by Crippen LogP contribution is 2.44. The average Bonchev–Trinajstić information content (AvgIpc) is 2.40. The first-order chi connectivity index (χ1) is 7.25. The van der Waals surface area contributed by atoms with E-state index in [4.69, 9.17) is 11.6 Å². The van der Waals surface area contributed by atoms with Crippen molar-refractivity contribution in [2.24, 2.45) is 5.92 Å². The molecule has 0 aromatic carbocycles. The molecule has 15 heavy (non-hydrogen) atoms. The molecule has 0 saturated heterocycles. The first-order valence-corrected chi connectivity index (χ1v) is 6.18. The second kappa shape index (κ2) is 3.50. The van der Waals surface area contributed by atoms with E-state index >= 15 is 0 Å². The van der Waals surface area contributed by atoms with Gasteiger partial charge in [-0.2, -0.15) is 0 Å². The van der Waals surface area contributed by atoms with Gasteiger partial charge in [-0.1, -0.05) is 17.7 Å². The molecule has 1 heterocycles. The molecule has 0 aromatic heterocycles. The van der Waals surface area contributed by atoms with Crippen LogP contribution >= 0.6 is 11.6 Å². The van der Waals surface area contributed by atoms with Crippen molar-refractivity contribution in [1.29, 1.82) is 0 Å². The summed E-state index contributed by atoms with van der Waals surface area (Å²) >= 11 is 6.29. The zero-order valence-corrected chi connectivity index (χ0v) is 9.77. The van der Waals surface area contributed by atoms with E-state index in [0.717, 1.165) is 17.5 Å². The van der Waals surface area contributed by atoms with Gasteiger partial charge < -0.3 is 5.32 Å². The van der Waals surface area contributed by atoms with E-state index in [1.807, 2.05) is 0 Å². The van der Waals surface area contributed by atoms with Gasteiger partial charge in [-0.25, -0.2) is 0 Å². The molecule has 0 unspecified atom stereocenters. The summed E-state index contributed by atoms with van der Waals surface area (Å²) in [5.41, 5.74) is 4.31. The summed E-state index contributed by atoms with van der Waals surface area (Å²) in [4.78, 5) is 0. The molecule has 2 atom stereocenters. The highest BCUT2D eigenvalue weighted by atomic mass is 35.5. The first-order valence-electron chi connectivity index (χ1n) is 5.80. The maximum atomic E-state index is 6.29. The Balaban J connectivity index is 2.07. The SMILES string of the molecule is C[C@H]1C[C@H]2CCC=C3C=C(Cl)C(=C32)CN1. The number of hydrogen-bond acceptors (Lipinski definition) is 1. The number of rotatable bonds is 0. The van der Waals surface area contributed by atoms with Gasteiger partial charge in [-0.05, 0) is 54.9 Å². The summed E-state index contributed by atoms with van der Waals surface area (Å²) in [7, 11) is 0. The maximum absolute atomic E-state index is 6.29. The third-order valence-electron chi connectivity index (χ3n) is 3.76. The fraction of sp³-hybridized carbons (Fsp3) is 0.538. The summed E-state index contributed by atoms with van der Waals surface area (Å²) < 4.78 is 0. The zero-order valence-electron chi connectivity index (χ0n) is 9.02. The molecule has 3 rings (SSSR count). The second-order valence-corrected chi connectivity index (χ2v) is 5.24. The lowest BCUT2D eigenvalue weighted by Crippen LogP contribution is -2.27. The molecule has 80 valence electrons. The Morgan fingerprint density at radius 3 is 3.20 bits per heavy atom. The van der Waals surface area contributed by atoms with Gasteiger partial charge in [0.1, 0.15) is 0 Å². The van der Waals surface area contributed by atoms with Gasteiger partial charge in [0.15, 0.2) is 0 Å². The molecular weight excluding hydrogens is 206 g/mol. The van der Waals surface area contributed by atoms with Crippen LogP contribution in [0.5, 0.6) is 0 Å². The van der Waals surface area contributed by atoms with Crippen molar-refractivity contribution in [3.05, 3.63) is 33.9 Å². The van der Waals surface area contributed by atoms with Crippen LogP contribution in [0.1, 0.15) is 26.2 Å². The monoisotopic (exact) mass is 221 g/mol. The van der Waals surface area contributed by atoms with Crippen LogP contribution in [0.3, 0.4) is 0 Å². The first kappa shape index (κ1) is 9.68. The lowest BCUT2D eigenvalue weighted by molar-refractivity contribution is 0.443. The third-order valence-corrected chi connectivity index (χ3v) is 4.10. The van der Waals surface area contributed by atoms with Crippen LogP contribution in [0, 0.1) is 5.92 Å². The Hall–Kier alpha value is -0.530. The van der Waals surface area contributed by atoms with E-state index in [-0.39, 0.29) is 0 Å². The van der Waals surface area contributed by atoms with Gasteiger partial charge in [0, 0.05) is 17.6 Å². The minimum Gasteiger partial charge on any atom is -0.310 e. The lowest BCUT2D eigenvalue weighted by Gasteiger charge is -2.24. The smallest absolute Gasteiger partial charge is 0.0459 e. The molecule has 0 amide bonds. The van der Waals surface area contributed by atoms with Gasteiger partial charge >= 0.3 is 0 Å². The van der Waals surface area contributed by atoms with Crippen LogP contribution in [0.2, 0.25) is 0 Å². The molecule has 1 aliphatic heterocycles. The predicted molar refractivity (Wildman–Crippen MR) is 63.9 cm³/mol. The van der Waals surface area contributed by atoms with Crippen LogP contribution in [-0.2, 0) is 0 Å². The Morgan fingerprint density at radius 1 is 1.47 bits per heavy atom. The molecule has 1 nitrogen and oxygen atoms in total. The van der Waals surface area contributed by atoms with Crippen LogP contribution in [0.4, 0.5) is 0 Å². The molecule has 0 aromatic rings. The van der Waals surface area contributed by atoms with Crippen molar-refractivity contribution in [2.75, 3.05) is 6.54 Å². The highest BCUT2D eigenvalue weighted by Gasteiger charge is 2.32. The molecule has 2 aliphatic carbocycles. The normalized spacial score (nSPS) is 34.5. The van der Waals surface area contributed by atoms with E-state index in [0.29, 0.717) is 6.04 Å². The third kappa shape index (κ3) is 1.49. The van der Waals surface area contributed by atoms with Gasteiger partial charge in [-0.3, -0.25) is 0 Å². The molecule has 2 heteroatoms. The van der Waals surface area contributed by atoms with Crippen LogP contribution in [0.15, 0.2) is 33.9 Å². The minimum atomic E-state index is 0.615. The second-order valence-electron chi connectivity index (χ2n) is 4.84. The van der Waals surface area contributed by atoms with E-state index < -0.39 is 0 Å². The van der Waals surface area contributed by atoms with Gasteiger partial charge in [0.25, 0.3) is 0 Å². The number of halogens is 1.